The van der Waals surface area contributed by atoms with Crippen molar-refractivity contribution in [2.24, 2.45) is 9.98 Å². The Morgan fingerprint density at radius 2 is 1.32 bits per heavy atom. The summed E-state index contributed by atoms with van der Waals surface area (Å²) in [6.45, 7) is 12.9. The Morgan fingerprint density at radius 3 is 1.89 bits per heavy atom. The number of allylic oxidation sites excluding steroid dienone is 2. The van der Waals surface area contributed by atoms with E-state index in [2.05, 4.69) is 120 Å². The molecule has 0 saturated heterocycles. The van der Waals surface area contributed by atoms with Gasteiger partial charge >= 0.3 is 0 Å². The molecule has 6 aromatic rings. The highest BCUT2D eigenvalue weighted by molar-refractivity contribution is 6.18. The number of amidine groups is 2. The molecule has 0 N–H and O–H groups in total. The van der Waals surface area contributed by atoms with E-state index < -0.39 is 0 Å². The van der Waals surface area contributed by atoms with Crippen molar-refractivity contribution in [1.29, 1.82) is 0 Å². The molecule has 0 spiro atoms. The lowest BCUT2D eigenvalue weighted by atomic mass is 10.0. The molecular weight excluding hydrogens is 649 g/mol. The summed E-state index contributed by atoms with van der Waals surface area (Å²) in [5.74, 6) is 2.31. The van der Waals surface area contributed by atoms with Crippen molar-refractivity contribution in [3.05, 3.63) is 206 Å². The zero-order valence-electron chi connectivity index (χ0n) is 30.0. The minimum atomic E-state index is 0.398. The fraction of sp³-hybridized carbons (Fsp3) is 0.0851. The third-order valence-corrected chi connectivity index (χ3v) is 9.12. The van der Waals surface area contributed by atoms with Crippen molar-refractivity contribution in [1.82, 2.24) is 9.55 Å². The minimum Gasteiger partial charge on any atom is -0.296 e. The lowest BCUT2D eigenvalue weighted by Crippen LogP contribution is -2.31. The summed E-state index contributed by atoms with van der Waals surface area (Å²) >= 11 is 0. The van der Waals surface area contributed by atoms with Crippen LogP contribution >= 0.6 is 0 Å². The number of hydrogen-bond donors (Lipinski definition) is 0. The fourth-order valence-corrected chi connectivity index (χ4v) is 6.76. The molecule has 0 bridgehead atoms. The van der Waals surface area contributed by atoms with Gasteiger partial charge in [0.1, 0.15) is 17.5 Å². The van der Waals surface area contributed by atoms with Crippen LogP contribution in [0.25, 0.3) is 23.2 Å². The number of hydrogen-bond acceptors (Lipinski definition) is 3. The summed E-state index contributed by atoms with van der Waals surface area (Å²) in [7, 11) is 1.84. The smallest absolute Gasteiger partial charge is 0.145 e. The highest BCUT2D eigenvalue weighted by Gasteiger charge is 2.26. The second-order valence-corrected chi connectivity index (χ2v) is 12.6. The van der Waals surface area contributed by atoms with Crippen LogP contribution in [-0.4, -0.2) is 34.8 Å². The van der Waals surface area contributed by atoms with E-state index in [0.29, 0.717) is 18.1 Å². The Hall–Kier alpha value is -6.79. The number of fused-ring (bicyclic) bond motifs is 1. The van der Waals surface area contributed by atoms with Crippen LogP contribution in [0.2, 0.25) is 0 Å². The van der Waals surface area contributed by atoms with Gasteiger partial charge in [-0.1, -0.05) is 98.1 Å². The Bertz CT molecular complexity index is 2280. The fourth-order valence-electron chi connectivity index (χ4n) is 6.76. The molecule has 260 valence electrons. The van der Waals surface area contributed by atoms with Gasteiger partial charge in [0.15, 0.2) is 0 Å². The maximum Gasteiger partial charge on any atom is 0.145 e. The quantitative estimate of drug-likeness (QED) is 0.0588. The summed E-state index contributed by atoms with van der Waals surface area (Å²) in [4.78, 5) is 19.7. The maximum atomic E-state index is 5.32. The van der Waals surface area contributed by atoms with Gasteiger partial charge in [0, 0.05) is 52.2 Å². The summed E-state index contributed by atoms with van der Waals surface area (Å²) in [6.07, 6.45) is 9.76. The monoisotopic (exact) mass is 690 g/mol. The molecule has 0 fully saturated rings. The van der Waals surface area contributed by atoms with Gasteiger partial charge in [0.05, 0.1) is 17.9 Å². The van der Waals surface area contributed by atoms with E-state index in [9.17, 15) is 0 Å². The first-order chi connectivity index (χ1) is 26.1. The Kier molecular flexibility index (Phi) is 10.5. The van der Waals surface area contributed by atoms with E-state index in [4.69, 9.17) is 15.0 Å². The molecule has 6 nitrogen and oxygen atoms in total. The summed E-state index contributed by atoms with van der Waals surface area (Å²) in [5, 5.41) is 0. The predicted octanol–water partition coefficient (Wildman–Crippen LogP) is 10.9. The van der Waals surface area contributed by atoms with Crippen molar-refractivity contribution in [2.45, 2.75) is 12.8 Å². The van der Waals surface area contributed by atoms with E-state index in [1.807, 2.05) is 72.6 Å². The standard InChI is InChI=1S/C47H42N6/c1-5-31-49-46(51(35(3)6-2)39-21-11-7-12-22-39)37-32-36(45(48-4)52(40-23-13-8-14-24-40)41-25-15-9-16-26-41)33-38(34-37)47-50-43-29-19-20-30-44(43)53(47)42-27-17-10-18-28-42/h5-19,21-29,32-34H,1-3,20,30-31H2,4H3. The second kappa shape index (κ2) is 16.0. The van der Waals surface area contributed by atoms with Gasteiger partial charge in [0.2, 0.25) is 0 Å². The van der Waals surface area contributed by atoms with E-state index in [-0.39, 0.29) is 0 Å². The maximum absolute atomic E-state index is 5.32. The van der Waals surface area contributed by atoms with Gasteiger partial charge in [0.25, 0.3) is 0 Å². The second-order valence-electron chi connectivity index (χ2n) is 12.6. The SMILES string of the molecule is C=CCN=C(c1cc(C(=NC)N(c2ccccc2)c2ccccc2)cc(-c2nc3c(n2-c2ccccc2)CCC=C3)c1)N(C(=C)C=C)c1ccccc1. The number of aliphatic imine (C=N–C) groups is 2. The molecule has 1 aliphatic rings. The lowest BCUT2D eigenvalue weighted by molar-refractivity contribution is 0.878. The number of aromatic nitrogens is 2. The Labute approximate surface area is 312 Å². The van der Waals surface area contributed by atoms with Crippen LogP contribution in [0.5, 0.6) is 0 Å². The molecule has 0 atom stereocenters. The van der Waals surface area contributed by atoms with Crippen molar-refractivity contribution in [3.8, 4) is 17.1 Å². The molecule has 7 rings (SSSR count). The van der Waals surface area contributed by atoms with E-state index in [1.165, 1.54) is 5.69 Å². The average molecular weight is 691 g/mol. The highest BCUT2D eigenvalue weighted by atomic mass is 15.2. The molecule has 53 heavy (non-hydrogen) atoms. The van der Waals surface area contributed by atoms with Crippen LogP contribution in [0.4, 0.5) is 17.1 Å². The minimum absolute atomic E-state index is 0.398. The molecule has 0 unspecified atom stereocenters. The van der Waals surface area contributed by atoms with Gasteiger partial charge in [-0.3, -0.25) is 24.4 Å². The van der Waals surface area contributed by atoms with Crippen molar-refractivity contribution < 1.29 is 0 Å². The molecular formula is C47H42N6. The first-order valence-corrected chi connectivity index (χ1v) is 17.8. The summed E-state index contributed by atoms with van der Waals surface area (Å²) in [6, 6.07) is 47.8. The molecule has 1 aliphatic carbocycles. The van der Waals surface area contributed by atoms with Crippen LogP contribution in [-0.2, 0) is 6.42 Å². The van der Waals surface area contributed by atoms with Crippen LogP contribution in [0.15, 0.2) is 193 Å². The van der Waals surface area contributed by atoms with Crippen molar-refractivity contribution in [2.75, 3.05) is 23.4 Å². The summed E-state index contributed by atoms with van der Waals surface area (Å²) < 4.78 is 2.30. The number of para-hydroxylation sites is 4. The molecule has 1 aromatic heterocycles. The molecule has 0 aliphatic heterocycles. The number of benzene rings is 5. The number of imidazole rings is 1. The highest BCUT2D eigenvalue weighted by Crippen LogP contribution is 2.35. The van der Waals surface area contributed by atoms with Crippen LogP contribution in [0, 0.1) is 0 Å². The Balaban J connectivity index is 1.53. The number of nitrogens with zero attached hydrogens (tertiary/aromatic N) is 6. The van der Waals surface area contributed by atoms with Crippen LogP contribution in [0.3, 0.4) is 0 Å². The predicted molar refractivity (Wildman–Crippen MR) is 224 cm³/mol. The third kappa shape index (κ3) is 7.21. The van der Waals surface area contributed by atoms with Crippen molar-refractivity contribution >= 4 is 34.8 Å². The van der Waals surface area contributed by atoms with Gasteiger partial charge in [-0.2, -0.15) is 0 Å². The molecule has 5 aromatic carbocycles. The van der Waals surface area contributed by atoms with Gasteiger partial charge < -0.3 is 0 Å². The normalized spacial score (nSPS) is 12.5. The molecule has 1 heterocycles. The van der Waals surface area contributed by atoms with Crippen molar-refractivity contribution in [3.63, 3.8) is 0 Å². The molecule has 0 amide bonds. The van der Waals surface area contributed by atoms with E-state index in [0.717, 1.165) is 69.6 Å². The first kappa shape index (κ1) is 34.6. The van der Waals surface area contributed by atoms with Crippen LogP contribution in [0.1, 0.15) is 28.9 Å². The number of anilines is 3. The van der Waals surface area contributed by atoms with Gasteiger partial charge in [-0.05, 0) is 91.7 Å². The van der Waals surface area contributed by atoms with Gasteiger partial charge in [-0.15, -0.1) is 6.58 Å². The zero-order valence-corrected chi connectivity index (χ0v) is 30.0. The first-order valence-electron chi connectivity index (χ1n) is 17.8. The Morgan fingerprint density at radius 1 is 0.755 bits per heavy atom. The third-order valence-electron chi connectivity index (χ3n) is 9.12. The number of rotatable bonds is 11. The van der Waals surface area contributed by atoms with Crippen LogP contribution < -0.4 is 9.80 Å². The lowest BCUT2D eigenvalue weighted by Gasteiger charge is -2.29. The zero-order chi connectivity index (χ0) is 36.6. The largest absolute Gasteiger partial charge is 0.296 e. The molecule has 0 saturated carbocycles. The van der Waals surface area contributed by atoms with Gasteiger partial charge in [-0.25, -0.2) is 4.98 Å². The summed E-state index contributed by atoms with van der Waals surface area (Å²) in [5.41, 5.74) is 9.50. The average Bonchev–Trinajstić information content (AvgIpc) is 3.62. The topological polar surface area (TPSA) is 49.0 Å². The van der Waals surface area contributed by atoms with E-state index in [1.54, 1.807) is 12.2 Å². The molecule has 6 heteroatoms. The molecule has 0 radical (unpaired) electrons. The van der Waals surface area contributed by atoms with E-state index >= 15 is 0 Å².